The Morgan fingerprint density at radius 1 is 1.40 bits per heavy atom. The molecule has 3 nitrogen and oxygen atoms in total. The van der Waals surface area contributed by atoms with Gasteiger partial charge in [-0.3, -0.25) is 4.90 Å². The van der Waals surface area contributed by atoms with E-state index in [1.54, 1.807) is 0 Å². The van der Waals surface area contributed by atoms with Crippen molar-refractivity contribution in [1.29, 1.82) is 0 Å². The molecule has 1 fully saturated rings. The van der Waals surface area contributed by atoms with E-state index in [2.05, 4.69) is 38.5 Å². The zero-order valence-electron chi connectivity index (χ0n) is 9.17. The Hall–Kier alpha value is -0.320. The van der Waals surface area contributed by atoms with E-state index in [1.807, 2.05) is 0 Å². The minimum atomic E-state index is 0.606. The van der Waals surface area contributed by atoms with Crippen LogP contribution in [0.3, 0.4) is 0 Å². The quantitative estimate of drug-likeness (QED) is 0.911. The van der Waals surface area contributed by atoms with Crippen molar-refractivity contribution in [3.05, 3.63) is 21.9 Å². The molecule has 1 aliphatic heterocycles. The standard InChI is InChI=1S/C11H18BrN3/c1-14-10(7-13)6-9(11(14)12)8-15-4-2-3-5-15/h6H,2-5,7-8,13H2,1H3. The third-order valence-corrected chi connectivity index (χ3v) is 4.17. The van der Waals surface area contributed by atoms with Crippen molar-refractivity contribution in [2.75, 3.05) is 13.1 Å². The monoisotopic (exact) mass is 271 g/mol. The lowest BCUT2D eigenvalue weighted by atomic mass is 10.3. The summed E-state index contributed by atoms with van der Waals surface area (Å²) in [5.41, 5.74) is 8.24. The fourth-order valence-corrected chi connectivity index (χ4v) is 2.65. The van der Waals surface area contributed by atoms with Gasteiger partial charge in [0.25, 0.3) is 0 Å². The number of nitrogens with two attached hydrogens (primary N) is 1. The summed E-state index contributed by atoms with van der Waals surface area (Å²) in [5.74, 6) is 0. The third-order valence-electron chi connectivity index (χ3n) is 3.13. The van der Waals surface area contributed by atoms with E-state index in [1.165, 1.54) is 41.8 Å². The fourth-order valence-electron chi connectivity index (χ4n) is 2.19. The van der Waals surface area contributed by atoms with Crippen LogP contribution >= 0.6 is 15.9 Å². The van der Waals surface area contributed by atoms with E-state index in [-0.39, 0.29) is 0 Å². The largest absolute Gasteiger partial charge is 0.341 e. The number of rotatable bonds is 3. The average molecular weight is 272 g/mol. The van der Waals surface area contributed by atoms with Crippen LogP contribution in [0.2, 0.25) is 0 Å². The van der Waals surface area contributed by atoms with Crippen molar-refractivity contribution >= 4 is 15.9 Å². The smallest absolute Gasteiger partial charge is 0.0892 e. The van der Waals surface area contributed by atoms with Crippen LogP contribution in [-0.2, 0) is 20.1 Å². The minimum Gasteiger partial charge on any atom is -0.341 e. The lowest BCUT2D eigenvalue weighted by Crippen LogP contribution is -2.18. The summed E-state index contributed by atoms with van der Waals surface area (Å²) in [4.78, 5) is 2.50. The van der Waals surface area contributed by atoms with Crippen LogP contribution < -0.4 is 5.73 Å². The first kappa shape index (κ1) is 11.2. The van der Waals surface area contributed by atoms with Crippen LogP contribution in [0.5, 0.6) is 0 Å². The van der Waals surface area contributed by atoms with Gasteiger partial charge in [0.1, 0.15) is 0 Å². The van der Waals surface area contributed by atoms with Gasteiger partial charge in [0.15, 0.2) is 0 Å². The van der Waals surface area contributed by atoms with Gasteiger partial charge >= 0.3 is 0 Å². The van der Waals surface area contributed by atoms with Gasteiger partial charge in [-0.2, -0.15) is 0 Å². The molecule has 84 valence electrons. The topological polar surface area (TPSA) is 34.2 Å². The molecule has 0 atom stereocenters. The van der Waals surface area contributed by atoms with Gasteiger partial charge in [-0.1, -0.05) is 0 Å². The van der Waals surface area contributed by atoms with Gasteiger partial charge < -0.3 is 10.3 Å². The van der Waals surface area contributed by atoms with Crippen molar-refractivity contribution < 1.29 is 0 Å². The molecule has 1 aromatic heterocycles. The van der Waals surface area contributed by atoms with E-state index >= 15 is 0 Å². The maximum Gasteiger partial charge on any atom is 0.0892 e. The molecular formula is C11H18BrN3. The summed E-state index contributed by atoms with van der Waals surface area (Å²) in [6.07, 6.45) is 2.68. The number of hydrogen-bond acceptors (Lipinski definition) is 2. The molecule has 0 unspecified atom stereocenters. The summed E-state index contributed by atoms with van der Waals surface area (Å²) in [6, 6.07) is 2.21. The van der Waals surface area contributed by atoms with Crippen LogP contribution in [0.15, 0.2) is 10.7 Å². The van der Waals surface area contributed by atoms with E-state index < -0.39 is 0 Å². The van der Waals surface area contributed by atoms with Crippen LogP contribution in [0.25, 0.3) is 0 Å². The van der Waals surface area contributed by atoms with Crippen molar-refractivity contribution in [1.82, 2.24) is 9.47 Å². The molecule has 0 bridgehead atoms. The molecule has 0 aromatic carbocycles. The number of aromatic nitrogens is 1. The molecule has 1 aliphatic rings. The molecule has 2 N–H and O–H groups in total. The maximum absolute atomic E-state index is 5.69. The van der Waals surface area contributed by atoms with Crippen LogP contribution in [0.1, 0.15) is 24.1 Å². The molecule has 0 amide bonds. The number of likely N-dealkylation sites (tertiary alicyclic amines) is 1. The maximum atomic E-state index is 5.69. The molecule has 0 aliphatic carbocycles. The zero-order chi connectivity index (χ0) is 10.8. The van der Waals surface area contributed by atoms with Crippen molar-refractivity contribution in [3.8, 4) is 0 Å². The van der Waals surface area contributed by atoms with Crippen molar-refractivity contribution in [3.63, 3.8) is 0 Å². The van der Waals surface area contributed by atoms with Gasteiger partial charge in [-0.15, -0.1) is 0 Å². The summed E-state index contributed by atoms with van der Waals surface area (Å²) in [5, 5.41) is 0. The number of hydrogen-bond donors (Lipinski definition) is 1. The van der Waals surface area contributed by atoms with Crippen LogP contribution in [-0.4, -0.2) is 22.6 Å². The predicted octanol–water partition coefficient (Wildman–Crippen LogP) is 1.84. The molecule has 0 spiro atoms. The first-order chi connectivity index (χ1) is 7.22. The SMILES string of the molecule is Cn1c(CN)cc(CN2CCCC2)c1Br. The third kappa shape index (κ3) is 2.27. The molecule has 4 heteroatoms. The Balaban J connectivity index is 2.13. The lowest BCUT2D eigenvalue weighted by Gasteiger charge is -2.13. The summed E-state index contributed by atoms with van der Waals surface area (Å²) < 4.78 is 3.31. The second-order valence-electron chi connectivity index (χ2n) is 4.20. The lowest BCUT2D eigenvalue weighted by molar-refractivity contribution is 0.330. The highest BCUT2D eigenvalue weighted by molar-refractivity contribution is 9.10. The minimum absolute atomic E-state index is 0.606. The first-order valence-corrected chi connectivity index (χ1v) is 6.27. The molecule has 1 aromatic rings. The van der Waals surface area contributed by atoms with Gasteiger partial charge in [-0.25, -0.2) is 0 Å². The molecule has 1 saturated heterocycles. The van der Waals surface area contributed by atoms with Crippen LogP contribution in [0, 0.1) is 0 Å². The second kappa shape index (κ2) is 4.68. The highest BCUT2D eigenvalue weighted by Gasteiger charge is 2.16. The predicted molar refractivity (Wildman–Crippen MR) is 65.5 cm³/mol. The Bertz CT molecular complexity index is 340. The molecule has 2 heterocycles. The number of halogens is 1. The Morgan fingerprint density at radius 2 is 2.07 bits per heavy atom. The Kier molecular flexibility index (Phi) is 3.49. The fraction of sp³-hybridized carbons (Fsp3) is 0.636. The Morgan fingerprint density at radius 3 is 2.60 bits per heavy atom. The zero-order valence-corrected chi connectivity index (χ0v) is 10.8. The van der Waals surface area contributed by atoms with Gasteiger partial charge in [0.05, 0.1) is 4.60 Å². The second-order valence-corrected chi connectivity index (χ2v) is 4.95. The molecule has 15 heavy (non-hydrogen) atoms. The average Bonchev–Trinajstić information content (AvgIpc) is 2.82. The molecule has 0 saturated carbocycles. The molecular weight excluding hydrogens is 254 g/mol. The van der Waals surface area contributed by atoms with Gasteiger partial charge in [0, 0.05) is 25.8 Å². The summed E-state index contributed by atoms with van der Waals surface area (Å²) >= 11 is 3.63. The molecule has 0 radical (unpaired) electrons. The van der Waals surface area contributed by atoms with Crippen LogP contribution in [0.4, 0.5) is 0 Å². The van der Waals surface area contributed by atoms with Crippen molar-refractivity contribution in [2.24, 2.45) is 12.8 Å². The first-order valence-electron chi connectivity index (χ1n) is 5.47. The number of nitrogens with zero attached hydrogens (tertiary/aromatic N) is 2. The Labute approximate surface area is 99.4 Å². The van der Waals surface area contributed by atoms with E-state index in [4.69, 9.17) is 5.73 Å². The normalized spacial score (nSPS) is 17.5. The van der Waals surface area contributed by atoms with Gasteiger partial charge in [0.2, 0.25) is 0 Å². The van der Waals surface area contributed by atoms with E-state index in [0.717, 1.165) is 6.54 Å². The molecule has 2 rings (SSSR count). The highest BCUT2D eigenvalue weighted by atomic mass is 79.9. The van der Waals surface area contributed by atoms with Gasteiger partial charge in [-0.05, 0) is 53.5 Å². The summed E-state index contributed by atoms with van der Waals surface area (Å²) in [7, 11) is 2.06. The summed E-state index contributed by atoms with van der Waals surface area (Å²) in [6.45, 7) is 4.13. The van der Waals surface area contributed by atoms with Crippen molar-refractivity contribution in [2.45, 2.75) is 25.9 Å². The highest BCUT2D eigenvalue weighted by Crippen LogP contribution is 2.23. The van der Waals surface area contributed by atoms with E-state index in [0.29, 0.717) is 6.54 Å². The van der Waals surface area contributed by atoms with E-state index in [9.17, 15) is 0 Å².